The van der Waals surface area contributed by atoms with Gasteiger partial charge in [-0.2, -0.15) is 16.9 Å². The number of hydrogen-bond donors (Lipinski definition) is 1. The van der Waals surface area contributed by atoms with Crippen molar-refractivity contribution in [2.45, 2.75) is 12.7 Å². The van der Waals surface area contributed by atoms with Crippen molar-refractivity contribution in [3.8, 4) is 0 Å². The predicted molar refractivity (Wildman–Crippen MR) is 52.0 cm³/mol. The number of carbonyl (C=O) groups is 1. The summed E-state index contributed by atoms with van der Waals surface area (Å²) in [6, 6.07) is 1.62. The number of carboxylic acids is 1. The van der Waals surface area contributed by atoms with Crippen molar-refractivity contribution < 1.29 is 9.90 Å². The van der Waals surface area contributed by atoms with E-state index < -0.39 is 5.97 Å². The number of aryl methyl sites for hydroxylation is 1. The molecule has 0 saturated heterocycles. The maximum atomic E-state index is 10.6. The highest BCUT2D eigenvalue weighted by Crippen LogP contribution is 2.12. The van der Waals surface area contributed by atoms with Gasteiger partial charge in [-0.05, 0) is 11.8 Å². The Balaban J connectivity index is 2.77. The highest BCUT2D eigenvalue weighted by Gasteiger charge is 2.10. The first-order valence-corrected chi connectivity index (χ1v) is 5.14. The van der Waals surface area contributed by atoms with Gasteiger partial charge < -0.3 is 5.11 Å². The average Bonchev–Trinajstić information content (AvgIpc) is 2.44. The van der Waals surface area contributed by atoms with E-state index in [4.69, 9.17) is 5.11 Å². The van der Waals surface area contributed by atoms with E-state index in [0.717, 1.165) is 17.2 Å². The number of carboxylic acid groups (broad SMARTS) is 1. The van der Waals surface area contributed by atoms with Crippen LogP contribution in [0.5, 0.6) is 0 Å². The SMILES string of the molecule is CCSCc1cc(C(=O)O)nn1C. The molecule has 0 aliphatic heterocycles. The van der Waals surface area contributed by atoms with E-state index in [-0.39, 0.29) is 5.69 Å². The van der Waals surface area contributed by atoms with Crippen molar-refractivity contribution in [3.05, 3.63) is 17.5 Å². The second kappa shape index (κ2) is 4.32. The Morgan fingerprint density at radius 1 is 1.77 bits per heavy atom. The standard InChI is InChI=1S/C8H12N2O2S/c1-3-13-5-6-4-7(8(11)12)9-10(6)2/h4H,3,5H2,1-2H3,(H,11,12). The van der Waals surface area contributed by atoms with Crippen molar-refractivity contribution in [2.24, 2.45) is 7.05 Å². The highest BCUT2D eigenvalue weighted by atomic mass is 32.2. The Kier molecular flexibility index (Phi) is 3.36. The fraction of sp³-hybridized carbons (Fsp3) is 0.500. The molecular formula is C8H12N2O2S. The van der Waals surface area contributed by atoms with Gasteiger partial charge in [0, 0.05) is 18.5 Å². The Bertz CT molecular complexity index is 309. The van der Waals surface area contributed by atoms with Crippen LogP contribution in [0.1, 0.15) is 23.1 Å². The number of aromatic nitrogens is 2. The summed E-state index contributed by atoms with van der Waals surface area (Å²) in [5.41, 5.74) is 1.07. The van der Waals surface area contributed by atoms with Crippen molar-refractivity contribution in [2.75, 3.05) is 5.75 Å². The van der Waals surface area contributed by atoms with Crippen LogP contribution >= 0.6 is 11.8 Å². The molecule has 13 heavy (non-hydrogen) atoms. The number of nitrogens with zero attached hydrogens (tertiary/aromatic N) is 2. The lowest BCUT2D eigenvalue weighted by Crippen LogP contribution is -1.99. The van der Waals surface area contributed by atoms with E-state index in [9.17, 15) is 4.79 Å². The summed E-state index contributed by atoms with van der Waals surface area (Å²) < 4.78 is 1.62. The molecule has 0 aliphatic rings. The molecule has 1 N–H and O–H groups in total. The van der Waals surface area contributed by atoms with E-state index in [2.05, 4.69) is 12.0 Å². The first kappa shape index (κ1) is 10.1. The lowest BCUT2D eigenvalue weighted by atomic mass is 10.4. The van der Waals surface area contributed by atoms with E-state index in [1.165, 1.54) is 0 Å². The predicted octanol–water partition coefficient (Wildman–Crippen LogP) is 1.37. The van der Waals surface area contributed by atoms with Crippen molar-refractivity contribution in [1.29, 1.82) is 0 Å². The minimum Gasteiger partial charge on any atom is -0.476 e. The van der Waals surface area contributed by atoms with Crippen molar-refractivity contribution >= 4 is 17.7 Å². The van der Waals surface area contributed by atoms with Crippen molar-refractivity contribution in [1.82, 2.24) is 9.78 Å². The first-order chi connectivity index (χ1) is 6.15. The number of rotatable bonds is 4. The van der Waals surface area contributed by atoms with Crippen LogP contribution in [-0.4, -0.2) is 26.6 Å². The third-order valence-electron chi connectivity index (χ3n) is 1.65. The molecule has 0 spiro atoms. The second-order valence-corrected chi connectivity index (χ2v) is 3.86. The minimum absolute atomic E-state index is 0.120. The quantitative estimate of drug-likeness (QED) is 0.797. The van der Waals surface area contributed by atoms with Crippen LogP contribution in [-0.2, 0) is 12.8 Å². The molecule has 5 heteroatoms. The highest BCUT2D eigenvalue weighted by molar-refractivity contribution is 7.98. The van der Waals surface area contributed by atoms with Gasteiger partial charge in [0.15, 0.2) is 5.69 Å². The smallest absolute Gasteiger partial charge is 0.356 e. The summed E-state index contributed by atoms with van der Waals surface area (Å²) in [4.78, 5) is 10.6. The molecule has 1 aromatic heterocycles. The molecule has 0 fully saturated rings. The fourth-order valence-corrected chi connectivity index (χ4v) is 1.64. The average molecular weight is 200 g/mol. The maximum absolute atomic E-state index is 10.6. The van der Waals surface area contributed by atoms with Gasteiger partial charge in [-0.3, -0.25) is 4.68 Å². The van der Waals surface area contributed by atoms with Gasteiger partial charge in [0.25, 0.3) is 0 Å². The number of thioether (sulfide) groups is 1. The van der Waals surface area contributed by atoms with E-state index in [1.807, 2.05) is 0 Å². The molecule has 0 unspecified atom stereocenters. The topological polar surface area (TPSA) is 55.1 Å². The van der Waals surface area contributed by atoms with Crippen LogP contribution in [0, 0.1) is 0 Å². The number of aromatic carboxylic acids is 1. The van der Waals surface area contributed by atoms with Gasteiger partial charge >= 0.3 is 5.97 Å². The van der Waals surface area contributed by atoms with Crippen LogP contribution in [0.3, 0.4) is 0 Å². The minimum atomic E-state index is -0.969. The lowest BCUT2D eigenvalue weighted by molar-refractivity contribution is 0.0689. The van der Waals surface area contributed by atoms with Gasteiger partial charge in [-0.25, -0.2) is 4.79 Å². The first-order valence-electron chi connectivity index (χ1n) is 3.99. The molecule has 0 saturated carbocycles. The van der Waals surface area contributed by atoms with Gasteiger partial charge in [-0.15, -0.1) is 0 Å². The summed E-state index contributed by atoms with van der Waals surface area (Å²) in [5.74, 6) is 0.865. The molecule has 0 bridgehead atoms. The lowest BCUT2D eigenvalue weighted by Gasteiger charge is -1.97. The Hall–Kier alpha value is -0.970. The molecule has 0 atom stereocenters. The summed E-state index contributed by atoms with van der Waals surface area (Å²) in [7, 11) is 1.76. The van der Waals surface area contributed by atoms with E-state index >= 15 is 0 Å². The number of hydrogen-bond acceptors (Lipinski definition) is 3. The Morgan fingerprint density at radius 2 is 2.46 bits per heavy atom. The summed E-state index contributed by atoms with van der Waals surface area (Å²) in [5, 5.41) is 12.5. The largest absolute Gasteiger partial charge is 0.476 e. The summed E-state index contributed by atoms with van der Waals surface area (Å²) >= 11 is 1.75. The molecular weight excluding hydrogens is 188 g/mol. The van der Waals surface area contributed by atoms with Crippen LogP contribution in [0.4, 0.5) is 0 Å². The van der Waals surface area contributed by atoms with Crippen LogP contribution in [0.25, 0.3) is 0 Å². The molecule has 1 rings (SSSR count). The monoisotopic (exact) mass is 200 g/mol. The van der Waals surface area contributed by atoms with Gasteiger partial charge in [0.05, 0.1) is 0 Å². The summed E-state index contributed by atoms with van der Waals surface area (Å²) in [6.07, 6.45) is 0. The van der Waals surface area contributed by atoms with Crippen LogP contribution < -0.4 is 0 Å². The van der Waals surface area contributed by atoms with E-state index in [0.29, 0.717) is 0 Å². The van der Waals surface area contributed by atoms with Gasteiger partial charge in [-0.1, -0.05) is 6.92 Å². The third kappa shape index (κ3) is 2.48. The zero-order chi connectivity index (χ0) is 9.84. The second-order valence-electron chi connectivity index (χ2n) is 2.59. The van der Waals surface area contributed by atoms with Crippen LogP contribution in [0.15, 0.2) is 6.07 Å². The molecule has 0 aliphatic carbocycles. The van der Waals surface area contributed by atoms with E-state index in [1.54, 1.807) is 29.6 Å². The zero-order valence-electron chi connectivity index (χ0n) is 7.65. The third-order valence-corrected chi connectivity index (χ3v) is 2.56. The van der Waals surface area contributed by atoms with Crippen LogP contribution in [0.2, 0.25) is 0 Å². The zero-order valence-corrected chi connectivity index (χ0v) is 8.47. The normalized spacial score (nSPS) is 10.3. The van der Waals surface area contributed by atoms with Crippen molar-refractivity contribution in [3.63, 3.8) is 0 Å². The maximum Gasteiger partial charge on any atom is 0.356 e. The summed E-state index contributed by atoms with van der Waals surface area (Å²) in [6.45, 7) is 2.07. The Labute approximate surface area is 80.9 Å². The molecule has 0 radical (unpaired) electrons. The molecule has 0 amide bonds. The Morgan fingerprint density at radius 3 is 2.92 bits per heavy atom. The molecule has 1 heterocycles. The molecule has 1 aromatic rings. The van der Waals surface area contributed by atoms with Gasteiger partial charge in [0.2, 0.25) is 0 Å². The van der Waals surface area contributed by atoms with Gasteiger partial charge in [0.1, 0.15) is 0 Å². The molecule has 0 aromatic carbocycles. The molecule has 4 nitrogen and oxygen atoms in total. The fourth-order valence-electron chi connectivity index (χ4n) is 0.952. The molecule has 72 valence electrons.